The maximum Gasteiger partial charge on any atom is 0.255 e. The Hall–Kier alpha value is -3.51. The molecule has 0 aliphatic heterocycles. The van der Waals surface area contributed by atoms with Crippen LogP contribution in [0.3, 0.4) is 0 Å². The number of para-hydroxylation sites is 3. The first-order chi connectivity index (χ1) is 15.6. The lowest BCUT2D eigenvalue weighted by atomic mass is 10.2. The number of methoxy groups -OCH3 is 1. The lowest BCUT2D eigenvalue weighted by molar-refractivity contribution is 0.0946. The molecule has 0 saturated carbocycles. The van der Waals surface area contributed by atoms with Gasteiger partial charge in [0, 0.05) is 5.02 Å². The minimum Gasteiger partial charge on any atom is -0.496 e. The van der Waals surface area contributed by atoms with Crippen LogP contribution < -0.4 is 14.8 Å². The number of carbonyl (C=O) groups excluding carboxylic acids is 1. The van der Waals surface area contributed by atoms with Crippen LogP contribution in [-0.4, -0.2) is 29.2 Å². The van der Waals surface area contributed by atoms with E-state index in [1.807, 2.05) is 61.5 Å². The number of aryl methyl sites for hydroxylation is 1. The number of halogens is 1. The van der Waals surface area contributed by atoms with Gasteiger partial charge in [0.1, 0.15) is 23.9 Å². The maximum absolute atomic E-state index is 12.7. The van der Waals surface area contributed by atoms with Crippen molar-refractivity contribution in [2.75, 3.05) is 13.7 Å². The van der Waals surface area contributed by atoms with E-state index in [1.54, 1.807) is 19.2 Å². The summed E-state index contributed by atoms with van der Waals surface area (Å²) in [4.78, 5) is 17.4. The summed E-state index contributed by atoms with van der Waals surface area (Å²) >= 11 is 6.10. The van der Waals surface area contributed by atoms with Gasteiger partial charge in [0.15, 0.2) is 0 Å². The highest BCUT2D eigenvalue weighted by Crippen LogP contribution is 2.22. The minimum absolute atomic E-state index is 0.214. The highest BCUT2D eigenvalue weighted by Gasteiger charge is 2.15. The number of imidazole rings is 1. The van der Waals surface area contributed by atoms with E-state index < -0.39 is 0 Å². The molecule has 0 fully saturated rings. The first-order valence-electron chi connectivity index (χ1n) is 10.3. The zero-order valence-corrected chi connectivity index (χ0v) is 18.7. The van der Waals surface area contributed by atoms with Crippen LogP contribution in [0, 0.1) is 6.92 Å². The van der Waals surface area contributed by atoms with E-state index in [0.717, 1.165) is 28.2 Å². The summed E-state index contributed by atoms with van der Waals surface area (Å²) in [5.41, 5.74) is 3.32. The highest BCUT2D eigenvalue weighted by molar-refractivity contribution is 6.31. The number of rotatable bonds is 8. The van der Waals surface area contributed by atoms with Crippen molar-refractivity contribution in [1.29, 1.82) is 0 Å². The topological polar surface area (TPSA) is 65.4 Å². The van der Waals surface area contributed by atoms with Crippen LogP contribution in [0.5, 0.6) is 11.5 Å². The van der Waals surface area contributed by atoms with Gasteiger partial charge in [0.05, 0.1) is 36.8 Å². The smallest absolute Gasteiger partial charge is 0.255 e. The van der Waals surface area contributed by atoms with Crippen molar-refractivity contribution in [2.45, 2.75) is 20.0 Å². The van der Waals surface area contributed by atoms with Gasteiger partial charge in [0.25, 0.3) is 5.91 Å². The number of ether oxygens (including phenoxy) is 2. The van der Waals surface area contributed by atoms with Gasteiger partial charge in [-0.25, -0.2) is 4.98 Å². The Morgan fingerprint density at radius 1 is 1.09 bits per heavy atom. The summed E-state index contributed by atoms with van der Waals surface area (Å²) in [6, 6.07) is 20.6. The van der Waals surface area contributed by atoms with E-state index in [9.17, 15) is 4.79 Å². The summed E-state index contributed by atoms with van der Waals surface area (Å²) in [6.07, 6.45) is 0. The van der Waals surface area contributed by atoms with Crippen molar-refractivity contribution >= 4 is 28.5 Å². The summed E-state index contributed by atoms with van der Waals surface area (Å²) in [7, 11) is 1.55. The SMILES string of the molecule is COc1ccccc1C(=O)NCc1nc2ccccc2n1CCOc1ccc(Cl)c(C)c1. The van der Waals surface area contributed by atoms with E-state index in [2.05, 4.69) is 9.88 Å². The maximum atomic E-state index is 12.7. The van der Waals surface area contributed by atoms with Crippen LogP contribution in [0.15, 0.2) is 66.7 Å². The van der Waals surface area contributed by atoms with Crippen molar-refractivity contribution in [1.82, 2.24) is 14.9 Å². The largest absolute Gasteiger partial charge is 0.496 e. The fourth-order valence-corrected chi connectivity index (χ4v) is 3.68. The molecule has 0 unspecified atom stereocenters. The minimum atomic E-state index is -0.214. The Kier molecular flexibility index (Phi) is 6.61. The number of carbonyl (C=O) groups is 1. The second-order valence-electron chi connectivity index (χ2n) is 7.31. The molecule has 32 heavy (non-hydrogen) atoms. The summed E-state index contributed by atoms with van der Waals surface area (Å²) in [5, 5.41) is 3.67. The Morgan fingerprint density at radius 3 is 2.69 bits per heavy atom. The number of hydrogen-bond acceptors (Lipinski definition) is 4. The third-order valence-corrected chi connectivity index (χ3v) is 5.63. The zero-order chi connectivity index (χ0) is 22.5. The normalized spacial score (nSPS) is 10.8. The molecule has 1 aromatic heterocycles. The second-order valence-corrected chi connectivity index (χ2v) is 7.72. The van der Waals surface area contributed by atoms with Gasteiger partial charge < -0.3 is 19.4 Å². The summed E-state index contributed by atoms with van der Waals surface area (Å²) < 4.78 is 13.3. The average molecular weight is 450 g/mol. The fraction of sp³-hybridized carbons (Fsp3) is 0.200. The Labute approximate surface area is 191 Å². The molecule has 0 atom stereocenters. The predicted octanol–water partition coefficient (Wildman–Crippen LogP) is 5.02. The van der Waals surface area contributed by atoms with Crippen LogP contribution in [0.2, 0.25) is 5.02 Å². The summed E-state index contributed by atoms with van der Waals surface area (Å²) in [5.74, 6) is 1.84. The van der Waals surface area contributed by atoms with Gasteiger partial charge >= 0.3 is 0 Å². The van der Waals surface area contributed by atoms with Crippen molar-refractivity contribution in [3.8, 4) is 11.5 Å². The molecule has 1 amide bonds. The molecule has 164 valence electrons. The molecule has 0 radical (unpaired) electrons. The number of nitrogens with one attached hydrogen (secondary N) is 1. The molecule has 7 heteroatoms. The van der Waals surface area contributed by atoms with E-state index >= 15 is 0 Å². The lowest BCUT2D eigenvalue weighted by Crippen LogP contribution is -2.25. The number of benzene rings is 3. The van der Waals surface area contributed by atoms with Crippen LogP contribution in [-0.2, 0) is 13.1 Å². The van der Waals surface area contributed by atoms with Gasteiger partial charge in [-0.15, -0.1) is 0 Å². The quantitative estimate of drug-likeness (QED) is 0.410. The molecule has 4 rings (SSSR count). The van der Waals surface area contributed by atoms with Gasteiger partial charge in [-0.05, 0) is 55.0 Å². The van der Waals surface area contributed by atoms with E-state index in [1.165, 1.54) is 0 Å². The molecule has 1 heterocycles. The molecule has 6 nitrogen and oxygen atoms in total. The molecule has 0 aliphatic rings. The fourth-order valence-electron chi connectivity index (χ4n) is 3.56. The van der Waals surface area contributed by atoms with Gasteiger partial charge in [-0.1, -0.05) is 35.9 Å². The van der Waals surface area contributed by atoms with Crippen molar-refractivity contribution in [3.05, 3.63) is 88.7 Å². The standard InChI is InChI=1S/C25H24ClN3O3/c1-17-15-18(11-12-20(17)26)32-14-13-29-22-9-5-4-8-21(22)28-24(29)16-27-25(30)19-7-3-6-10-23(19)31-2/h3-12,15H,13-14,16H2,1-2H3,(H,27,30). The number of hydrogen-bond donors (Lipinski definition) is 1. The molecule has 3 aromatic carbocycles. The molecular formula is C25H24ClN3O3. The monoisotopic (exact) mass is 449 g/mol. The van der Waals surface area contributed by atoms with Gasteiger partial charge in [-0.3, -0.25) is 4.79 Å². The van der Waals surface area contributed by atoms with Crippen molar-refractivity contribution in [3.63, 3.8) is 0 Å². The van der Waals surface area contributed by atoms with E-state index in [4.69, 9.17) is 26.1 Å². The number of aromatic nitrogens is 2. The van der Waals surface area contributed by atoms with Gasteiger partial charge in [0.2, 0.25) is 0 Å². The third kappa shape index (κ3) is 4.70. The molecule has 0 spiro atoms. The van der Waals surface area contributed by atoms with E-state index in [0.29, 0.717) is 29.5 Å². The van der Waals surface area contributed by atoms with Crippen molar-refractivity contribution < 1.29 is 14.3 Å². The molecule has 0 bridgehead atoms. The molecule has 0 saturated heterocycles. The predicted molar refractivity (Wildman–Crippen MR) is 126 cm³/mol. The molecule has 4 aromatic rings. The van der Waals surface area contributed by atoms with Crippen LogP contribution in [0.4, 0.5) is 0 Å². The van der Waals surface area contributed by atoms with E-state index in [-0.39, 0.29) is 12.5 Å². The number of amides is 1. The van der Waals surface area contributed by atoms with Crippen molar-refractivity contribution in [2.24, 2.45) is 0 Å². The third-order valence-electron chi connectivity index (χ3n) is 5.21. The Morgan fingerprint density at radius 2 is 1.88 bits per heavy atom. The molecule has 1 N–H and O–H groups in total. The first-order valence-corrected chi connectivity index (χ1v) is 10.7. The van der Waals surface area contributed by atoms with Crippen LogP contribution in [0.25, 0.3) is 11.0 Å². The zero-order valence-electron chi connectivity index (χ0n) is 18.0. The average Bonchev–Trinajstić information content (AvgIpc) is 3.17. The molecule has 0 aliphatic carbocycles. The highest BCUT2D eigenvalue weighted by atomic mass is 35.5. The summed E-state index contributed by atoms with van der Waals surface area (Å²) in [6.45, 7) is 3.27. The van der Waals surface area contributed by atoms with Gasteiger partial charge in [-0.2, -0.15) is 0 Å². The number of fused-ring (bicyclic) bond motifs is 1. The molecular weight excluding hydrogens is 426 g/mol. The Bertz CT molecular complexity index is 1250. The first kappa shape index (κ1) is 21.7. The van der Waals surface area contributed by atoms with Crippen LogP contribution >= 0.6 is 11.6 Å². The second kappa shape index (κ2) is 9.75. The number of nitrogens with zero attached hydrogens (tertiary/aromatic N) is 2. The Balaban J connectivity index is 1.49. The lowest BCUT2D eigenvalue weighted by Gasteiger charge is -2.13. The van der Waals surface area contributed by atoms with Crippen LogP contribution in [0.1, 0.15) is 21.7 Å².